The van der Waals surface area contributed by atoms with E-state index in [1.807, 2.05) is 0 Å². The van der Waals surface area contributed by atoms with Crippen LogP contribution in [-0.2, 0) is 24.0 Å². The van der Waals surface area contributed by atoms with Crippen LogP contribution in [0, 0.1) is 5.92 Å². The zero-order valence-electron chi connectivity index (χ0n) is 17.5. The summed E-state index contributed by atoms with van der Waals surface area (Å²) in [4.78, 5) is 58.6. The van der Waals surface area contributed by atoms with Crippen molar-refractivity contribution < 1.29 is 39.3 Å². The van der Waals surface area contributed by atoms with Crippen LogP contribution < -0.4 is 21.7 Å². The van der Waals surface area contributed by atoms with E-state index in [1.54, 1.807) is 13.8 Å². The van der Waals surface area contributed by atoms with E-state index in [9.17, 15) is 29.1 Å². The Morgan fingerprint density at radius 2 is 1.43 bits per heavy atom. The third-order valence-electron chi connectivity index (χ3n) is 4.14. The van der Waals surface area contributed by atoms with Crippen molar-refractivity contribution in [3.05, 3.63) is 0 Å². The topological polar surface area (TPSA) is 208 Å². The molecule has 0 rings (SSSR count). The molecule has 0 saturated carbocycles. The molecular formula is C18H32N4O8. The predicted molar refractivity (Wildman–Crippen MR) is 105 cm³/mol. The molecule has 0 saturated heterocycles. The number of amides is 3. The van der Waals surface area contributed by atoms with E-state index in [4.69, 9.17) is 15.9 Å². The molecule has 0 aromatic heterocycles. The molecule has 0 radical (unpaired) electrons. The van der Waals surface area contributed by atoms with E-state index < -0.39 is 59.9 Å². The van der Waals surface area contributed by atoms with Crippen LogP contribution in [0.25, 0.3) is 0 Å². The maximum atomic E-state index is 12.5. The summed E-state index contributed by atoms with van der Waals surface area (Å²) in [5.41, 5.74) is 5.59. The minimum absolute atomic E-state index is 0.0368. The monoisotopic (exact) mass is 432 g/mol. The van der Waals surface area contributed by atoms with Crippen LogP contribution in [0.15, 0.2) is 0 Å². The van der Waals surface area contributed by atoms with Gasteiger partial charge in [-0.3, -0.25) is 19.2 Å². The number of aliphatic hydroxyl groups excluding tert-OH is 1. The lowest BCUT2D eigenvalue weighted by molar-refractivity contribution is -0.145. The second-order valence-electron chi connectivity index (χ2n) is 7.53. The Bertz CT molecular complexity index is 638. The van der Waals surface area contributed by atoms with Gasteiger partial charge in [0, 0.05) is 6.42 Å². The molecule has 30 heavy (non-hydrogen) atoms. The maximum Gasteiger partial charge on any atom is 0.328 e. The smallest absolute Gasteiger partial charge is 0.328 e. The Labute approximate surface area is 174 Å². The molecule has 12 nitrogen and oxygen atoms in total. The summed E-state index contributed by atoms with van der Waals surface area (Å²) in [6, 6.07) is -4.84. The summed E-state index contributed by atoms with van der Waals surface area (Å²) < 4.78 is 0. The molecule has 0 aliphatic rings. The third-order valence-corrected chi connectivity index (χ3v) is 4.14. The maximum absolute atomic E-state index is 12.5. The van der Waals surface area contributed by atoms with E-state index in [2.05, 4.69) is 16.0 Å². The zero-order valence-corrected chi connectivity index (χ0v) is 17.5. The quantitative estimate of drug-likeness (QED) is 0.174. The van der Waals surface area contributed by atoms with Crippen LogP contribution in [0.3, 0.4) is 0 Å². The SMILES string of the molecule is CC(C)CC(NC(=O)C(C)NC(=O)C(N)CCC(=O)O)C(=O)NC(C(=O)O)C(C)O. The Balaban J connectivity index is 5.04. The van der Waals surface area contributed by atoms with Gasteiger partial charge < -0.3 is 37.0 Å². The van der Waals surface area contributed by atoms with Gasteiger partial charge in [0.05, 0.1) is 12.1 Å². The normalized spacial score (nSPS) is 16.0. The fourth-order valence-electron chi connectivity index (χ4n) is 2.44. The second-order valence-corrected chi connectivity index (χ2v) is 7.53. The Hall–Kier alpha value is -2.73. The summed E-state index contributed by atoms with van der Waals surface area (Å²) in [6.45, 7) is 6.16. The number of carboxylic acids is 2. The Morgan fingerprint density at radius 1 is 0.867 bits per heavy atom. The minimum atomic E-state index is -1.55. The molecule has 0 aliphatic heterocycles. The van der Waals surface area contributed by atoms with Crippen molar-refractivity contribution in [3.8, 4) is 0 Å². The highest BCUT2D eigenvalue weighted by Gasteiger charge is 2.31. The first-order valence-electron chi connectivity index (χ1n) is 9.55. The van der Waals surface area contributed by atoms with Crippen LogP contribution >= 0.6 is 0 Å². The lowest BCUT2D eigenvalue weighted by atomic mass is 10.0. The number of nitrogens with one attached hydrogen (secondary N) is 3. The van der Waals surface area contributed by atoms with Gasteiger partial charge in [-0.2, -0.15) is 0 Å². The number of rotatable bonds is 13. The molecule has 0 heterocycles. The van der Waals surface area contributed by atoms with Crippen LogP contribution in [0.4, 0.5) is 0 Å². The fourth-order valence-corrected chi connectivity index (χ4v) is 2.44. The number of carbonyl (C=O) groups is 5. The van der Waals surface area contributed by atoms with Crippen molar-refractivity contribution in [2.75, 3.05) is 0 Å². The van der Waals surface area contributed by atoms with Crippen molar-refractivity contribution in [2.24, 2.45) is 11.7 Å². The van der Waals surface area contributed by atoms with Gasteiger partial charge in [-0.1, -0.05) is 13.8 Å². The highest BCUT2D eigenvalue weighted by molar-refractivity contribution is 5.94. The van der Waals surface area contributed by atoms with Gasteiger partial charge in [-0.15, -0.1) is 0 Å². The molecule has 0 aliphatic carbocycles. The average Bonchev–Trinajstić information content (AvgIpc) is 2.61. The van der Waals surface area contributed by atoms with Crippen molar-refractivity contribution in [2.45, 2.75) is 77.2 Å². The summed E-state index contributed by atoms with van der Waals surface area (Å²) in [5.74, 6) is -4.79. The summed E-state index contributed by atoms with van der Waals surface area (Å²) in [7, 11) is 0. The standard InChI is InChI=1S/C18H32N4O8/c1-8(2)7-12(17(28)22-14(10(4)23)18(29)30)21-15(26)9(3)20-16(27)11(19)5-6-13(24)25/h8-12,14,23H,5-7,19H2,1-4H3,(H,20,27)(H,21,26)(H,22,28)(H,24,25)(H,29,30). The molecule has 5 atom stereocenters. The molecular weight excluding hydrogens is 400 g/mol. The van der Waals surface area contributed by atoms with Gasteiger partial charge in [0.15, 0.2) is 6.04 Å². The molecule has 172 valence electrons. The summed E-state index contributed by atoms with van der Waals surface area (Å²) in [6.07, 6.45) is -1.58. The van der Waals surface area contributed by atoms with Crippen LogP contribution in [0.2, 0.25) is 0 Å². The van der Waals surface area contributed by atoms with E-state index in [0.717, 1.165) is 0 Å². The van der Waals surface area contributed by atoms with Gasteiger partial charge in [0.25, 0.3) is 0 Å². The van der Waals surface area contributed by atoms with Gasteiger partial charge in [0.1, 0.15) is 12.1 Å². The van der Waals surface area contributed by atoms with Crippen LogP contribution in [-0.4, -0.2) is 75.3 Å². The minimum Gasteiger partial charge on any atom is -0.481 e. The largest absolute Gasteiger partial charge is 0.481 e. The van der Waals surface area contributed by atoms with Crippen LogP contribution in [0.5, 0.6) is 0 Å². The lowest BCUT2D eigenvalue weighted by Crippen LogP contribution is -2.58. The van der Waals surface area contributed by atoms with Gasteiger partial charge >= 0.3 is 11.9 Å². The molecule has 8 N–H and O–H groups in total. The van der Waals surface area contributed by atoms with E-state index in [0.29, 0.717) is 0 Å². The van der Waals surface area contributed by atoms with Gasteiger partial charge in [-0.25, -0.2) is 4.79 Å². The number of carboxylic acid groups (broad SMARTS) is 2. The van der Waals surface area contributed by atoms with Crippen molar-refractivity contribution in [1.29, 1.82) is 0 Å². The van der Waals surface area contributed by atoms with E-state index >= 15 is 0 Å². The van der Waals surface area contributed by atoms with Crippen molar-refractivity contribution >= 4 is 29.7 Å². The molecule has 3 amide bonds. The zero-order chi connectivity index (χ0) is 23.6. The Morgan fingerprint density at radius 3 is 1.87 bits per heavy atom. The summed E-state index contributed by atoms with van der Waals surface area (Å²) >= 11 is 0. The fraction of sp³-hybridized carbons (Fsp3) is 0.722. The predicted octanol–water partition coefficient (Wildman–Crippen LogP) is -1.84. The number of hydrogen-bond donors (Lipinski definition) is 7. The number of aliphatic carboxylic acids is 2. The third kappa shape index (κ3) is 10.2. The summed E-state index contributed by atoms with van der Waals surface area (Å²) in [5, 5.41) is 34.2. The molecule has 0 fully saturated rings. The molecule has 12 heteroatoms. The van der Waals surface area contributed by atoms with Gasteiger partial charge in [-0.05, 0) is 32.6 Å². The number of aliphatic hydroxyl groups is 1. The first-order valence-corrected chi connectivity index (χ1v) is 9.55. The lowest BCUT2D eigenvalue weighted by Gasteiger charge is -2.25. The molecule has 5 unspecified atom stereocenters. The first kappa shape index (κ1) is 27.3. The molecule has 0 aromatic carbocycles. The van der Waals surface area contributed by atoms with Crippen molar-refractivity contribution in [1.82, 2.24) is 16.0 Å². The van der Waals surface area contributed by atoms with Crippen LogP contribution in [0.1, 0.15) is 47.0 Å². The van der Waals surface area contributed by atoms with Gasteiger partial charge in [0.2, 0.25) is 17.7 Å². The first-order chi connectivity index (χ1) is 13.8. The number of carbonyl (C=O) groups excluding carboxylic acids is 3. The number of nitrogens with two attached hydrogens (primary N) is 1. The number of hydrogen-bond acceptors (Lipinski definition) is 7. The average molecular weight is 432 g/mol. The molecule has 0 aromatic rings. The Kier molecular flexibility index (Phi) is 11.6. The van der Waals surface area contributed by atoms with E-state index in [-0.39, 0.29) is 25.2 Å². The second kappa shape index (κ2) is 12.8. The van der Waals surface area contributed by atoms with E-state index in [1.165, 1.54) is 13.8 Å². The molecule has 0 spiro atoms. The highest BCUT2D eigenvalue weighted by atomic mass is 16.4. The van der Waals surface area contributed by atoms with Crippen molar-refractivity contribution in [3.63, 3.8) is 0 Å². The molecule has 0 bridgehead atoms. The highest BCUT2D eigenvalue weighted by Crippen LogP contribution is 2.07.